The number of carbonyl (C=O) groups is 3. The standard InChI is InChI=1S/C13H16N2O5/c14-11(16)8-20-10-4-1-3-9(7-10)15-12(17)5-2-6-13(18)19/h1,3-4,7H,2,5-6,8H2,(H2,14,16)(H,15,17)(H,18,19). The first-order valence-electron chi connectivity index (χ1n) is 6.00. The van der Waals surface area contributed by atoms with E-state index in [2.05, 4.69) is 5.32 Å². The minimum absolute atomic E-state index is 0.0464. The second kappa shape index (κ2) is 7.78. The second-order valence-electron chi connectivity index (χ2n) is 4.08. The van der Waals surface area contributed by atoms with Crippen molar-refractivity contribution in [2.24, 2.45) is 5.73 Å². The molecule has 0 aliphatic heterocycles. The van der Waals surface area contributed by atoms with Crippen molar-refractivity contribution in [2.45, 2.75) is 19.3 Å². The van der Waals surface area contributed by atoms with Crippen LogP contribution in [0.15, 0.2) is 24.3 Å². The number of carboxylic acids is 1. The lowest BCUT2D eigenvalue weighted by Crippen LogP contribution is -2.20. The van der Waals surface area contributed by atoms with E-state index in [-0.39, 0.29) is 31.8 Å². The number of anilines is 1. The third-order valence-corrected chi connectivity index (χ3v) is 2.29. The van der Waals surface area contributed by atoms with Crippen LogP contribution in [0.4, 0.5) is 5.69 Å². The van der Waals surface area contributed by atoms with E-state index in [1.807, 2.05) is 0 Å². The minimum Gasteiger partial charge on any atom is -0.484 e. The van der Waals surface area contributed by atoms with Gasteiger partial charge in [0, 0.05) is 24.6 Å². The highest BCUT2D eigenvalue weighted by molar-refractivity contribution is 5.91. The lowest BCUT2D eigenvalue weighted by Gasteiger charge is -2.08. The fourth-order valence-electron chi connectivity index (χ4n) is 1.44. The van der Waals surface area contributed by atoms with Gasteiger partial charge in [0.05, 0.1) is 0 Å². The summed E-state index contributed by atoms with van der Waals surface area (Å²) in [6, 6.07) is 6.50. The molecule has 1 aromatic rings. The summed E-state index contributed by atoms with van der Waals surface area (Å²) in [7, 11) is 0. The molecule has 1 rings (SSSR count). The van der Waals surface area contributed by atoms with Crippen molar-refractivity contribution in [3.8, 4) is 5.75 Å². The zero-order chi connectivity index (χ0) is 15.0. The molecule has 0 aromatic heterocycles. The third-order valence-electron chi connectivity index (χ3n) is 2.29. The summed E-state index contributed by atoms with van der Waals surface area (Å²) >= 11 is 0. The van der Waals surface area contributed by atoms with E-state index in [0.29, 0.717) is 11.4 Å². The Balaban J connectivity index is 2.46. The van der Waals surface area contributed by atoms with Gasteiger partial charge in [-0.2, -0.15) is 0 Å². The number of amides is 2. The molecular formula is C13H16N2O5. The van der Waals surface area contributed by atoms with Gasteiger partial charge in [0.25, 0.3) is 5.91 Å². The highest BCUT2D eigenvalue weighted by Gasteiger charge is 2.05. The Labute approximate surface area is 115 Å². The molecule has 0 saturated heterocycles. The van der Waals surface area contributed by atoms with Gasteiger partial charge >= 0.3 is 5.97 Å². The van der Waals surface area contributed by atoms with E-state index in [0.717, 1.165) is 0 Å². The van der Waals surface area contributed by atoms with Gasteiger partial charge in [-0.1, -0.05) is 6.07 Å². The van der Waals surface area contributed by atoms with Crippen LogP contribution in [0, 0.1) is 0 Å². The van der Waals surface area contributed by atoms with E-state index in [4.69, 9.17) is 15.6 Å². The smallest absolute Gasteiger partial charge is 0.303 e. The van der Waals surface area contributed by atoms with E-state index < -0.39 is 11.9 Å². The molecule has 7 heteroatoms. The molecule has 0 fully saturated rings. The average Bonchev–Trinajstić information content (AvgIpc) is 2.36. The number of carbonyl (C=O) groups excluding carboxylic acids is 2. The first kappa shape index (κ1) is 15.5. The summed E-state index contributed by atoms with van der Waals surface area (Å²) in [5.41, 5.74) is 5.46. The topological polar surface area (TPSA) is 119 Å². The highest BCUT2D eigenvalue weighted by atomic mass is 16.5. The zero-order valence-corrected chi connectivity index (χ0v) is 10.8. The van der Waals surface area contributed by atoms with E-state index in [9.17, 15) is 14.4 Å². The lowest BCUT2D eigenvalue weighted by atomic mass is 10.2. The zero-order valence-electron chi connectivity index (χ0n) is 10.8. The van der Waals surface area contributed by atoms with Gasteiger partial charge in [-0.05, 0) is 18.6 Å². The minimum atomic E-state index is -0.931. The maximum Gasteiger partial charge on any atom is 0.303 e. The Morgan fingerprint density at radius 1 is 1.25 bits per heavy atom. The van der Waals surface area contributed by atoms with Crippen LogP contribution in [0.25, 0.3) is 0 Å². The van der Waals surface area contributed by atoms with Crippen molar-refractivity contribution in [3.05, 3.63) is 24.3 Å². The Bertz CT molecular complexity index is 501. The number of aliphatic carboxylic acids is 1. The molecule has 0 aliphatic carbocycles. The molecule has 0 atom stereocenters. The summed E-state index contributed by atoms with van der Waals surface area (Å²) < 4.78 is 5.10. The summed E-state index contributed by atoms with van der Waals surface area (Å²) in [6.07, 6.45) is 0.354. The van der Waals surface area contributed by atoms with Gasteiger partial charge in [-0.3, -0.25) is 14.4 Å². The first-order valence-corrected chi connectivity index (χ1v) is 6.00. The molecule has 0 aliphatic rings. The molecule has 0 unspecified atom stereocenters. The largest absolute Gasteiger partial charge is 0.484 e. The molecule has 1 aromatic carbocycles. The molecule has 0 bridgehead atoms. The number of carboxylic acid groups (broad SMARTS) is 1. The average molecular weight is 280 g/mol. The fourth-order valence-corrected chi connectivity index (χ4v) is 1.44. The fraction of sp³-hybridized carbons (Fsp3) is 0.308. The van der Waals surface area contributed by atoms with Crippen LogP contribution in [-0.2, 0) is 14.4 Å². The number of nitrogens with two attached hydrogens (primary N) is 1. The third kappa shape index (κ3) is 6.39. The van der Waals surface area contributed by atoms with E-state index >= 15 is 0 Å². The van der Waals surface area contributed by atoms with Crippen molar-refractivity contribution in [3.63, 3.8) is 0 Å². The first-order chi connectivity index (χ1) is 9.47. The Morgan fingerprint density at radius 3 is 2.65 bits per heavy atom. The molecule has 0 heterocycles. The molecule has 0 spiro atoms. The van der Waals surface area contributed by atoms with Crippen LogP contribution in [0.2, 0.25) is 0 Å². The van der Waals surface area contributed by atoms with Gasteiger partial charge < -0.3 is 20.9 Å². The number of ether oxygens (including phenoxy) is 1. The normalized spacial score (nSPS) is 9.80. The van der Waals surface area contributed by atoms with E-state index in [1.54, 1.807) is 24.3 Å². The molecule has 4 N–H and O–H groups in total. The van der Waals surface area contributed by atoms with Crippen molar-refractivity contribution < 1.29 is 24.2 Å². The van der Waals surface area contributed by atoms with Crippen LogP contribution < -0.4 is 15.8 Å². The summed E-state index contributed by atoms with van der Waals surface area (Å²) in [5.74, 6) is -1.39. The number of nitrogens with one attached hydrogen (secondary N) is 1. The molecule has 0 radical (unpaired) electrons. The number of rotatable bonds is 8. The highest BCUT2D eigenvalue weighted by Crippen LogP contribution is 2.17. The maximum atomic E-state index is 11.6. The molecule has 2 amide bonds. The summed E-state index contributed by atoms with van der Waals surface area (Å²) in [5, 5.41) is 11.1. The van der Waals surface area contributed by atoms with Gasteiger partial charge in [0.2, 0.25) is 5.91 Å². The molecule has 20 heavy (non-hydrogen) atoms. The number of primary amides is 1. The summed E-state index contributed by atoms with van der Waals surface area (Å²) in [6.45, 7) is -0.240. The van der Waals surface area contributed by atoms with Crippen LogP contribution in [0.3, 0.4) is 0 Å². The molecule has 108 valence electrons. The number of benzene rings is 1. The van der Waals surface area contributed by atoms with E-state index in [1.165, 1.54) is 0 Å². The van der Waals surface area contributed by atoms with Gasteiger partial charge in [0.15, 0.2) is 6.61 Å². The predicted octanol–water partition coefficient (Wildman–Crippen LogP) is 0.744. The SMILES string of the molecule is NC(=O)COc1cccc(NC(=O)CCCC(=O)O)c1. The molecular weight excluding hydrogens is 264 g/mol. The van der Waals surface area contributed by atoms with Gasteiger partial charge in [-0.15, -0.1) is 0 Å². The predicted molar refractivity (Wildman–Crippen MR) is 71.2 cm³/mol. The van der Waals surface area contributed by atoms with Crippen LogP contribution >= 0.6 is 0 Å². The Morgan fingerprint density at radius 2 is 2.00 bits per heavy atom. The summed E-state index contributed by atoms with van der Waals surface area (Å²) in [4.78, 5) is 32.5. The second-order valence-corrected chi connectivity index (χ2v) is 4.08. The Kier molecular flexibility index (Phi) is 6.02. The van der Waals surface area contributed by atoms with Crippen molar-refractivity contribution in [1.29, 1.82) is 0 Å². The molecule has 0 saturated carbocycles. The number of hydrogen-bond donors (Lipinski definition) is 3. The Hall–Kier alpha value is -2.57. The van der Waals surface area contributed by atoms with Crippen molar-refractivity contribution in [1.82, 2.24) is 0 Å². The molecule has 7 nitrogen and oxygen atoms in total. The van der Waals surface area contributed by atoms with Gasteiger partial charge in [0.1, 0.15) is 5.75 Å². The number of hydrogen-bond acceptors (Lipinski definition) is 4. The van der Waals surface area contributed by atoms with Gasteiger partial charge in [-0.25, -0.2) is 0 Å². The van der Waals surface area contributed by atoms with Crippen LogP contribution in [0.5, 0.6) is 5.75 Å². The lowest BCUT2D eigenvalue weighted by molar-refractivity contribution is -0.137. The van der Waals surface area contributed by atoms with Crippen LogP contribution in [0.1, 0.15) is 19.3 Å². The quantitative estimate of drug-likeness (QED) is 0.649. The van der Waals surface area contributed by atoms with Crippen molar-refractivity contribution >= 4 is 23.5 Å². The van der Waals surface area contributed by atoms with Crippen LogP contribution in [-0.4, -0.2) is 29.5 Å². The monoisotopic (exact) mass is 280 g/mol. The van der Waals surface area contributed by atoms with Crippen molar-refractivity contribution in [2.75, 3.05) is 11.9 Å². The maximum absolute atomic E-state index is 11.6.